The Bertz CT molecular complexity index is 515. The van der Waals surface area contributed by atoms with Crippen molar-refractivity contribution in [3.05, 3.63) is 22.7 Å². The highest BCUT2D eigenvalue weighted by atomic mass is 16.2. The molecule has 6 heteroatoms. The maximum Gasteiger partial charge on any atom is 0.293 e. The number of anilines is 1. The Morgan fingerprint density at radius 2 is 2.05 bits per heavy atom. The molecule has 0 aromatic carbocycles. The molecule has 0 aliphatic carbocycles. The van der Waals surface area contributed by atoms with Crippen molar-refractivity contribution in [2.45, 2.75) is 52.6 Å². The van der Waals surface area contributed by atoms with Gasteiger partial charge in [0.2, 0.25) is 5.91 Å². The molecule has 112 valence electrons. The first-order chi connectivity index (χ1) is 9.20. The standard InChI is InChI=1S/C14H24N4O2/c1-10(2)18-9-8-16-12(13(18)20)15-7-6-11(19)17-14(3,4)5/h8-10H,6-7H2,1-5H3,(H,15,16)(H,17,19). The Kier molecular flexibility index (Phi) is 5.30. The predicted octanol–water partition coefficient (Wildman–Crippen LogP) is 1.54. The van der Waals surface area contributed by atoms with E-state index >= 15 is 0 Å². The lowest BCUT2D eigenvalue weighted by molar-refractivity contribution is -0.122. The monoisotopic (exact) mass is 280 g/mol. The molecule has 0 atom stereocenters. The molecule has 0 radical (unpaired) electrons. The zero-order chi connectivity index (χ0) is 15.3. The minimum atomic E-state index is -0.244. The first kappa shape index (κ1) is 16.2. The van der Waals surface area contributed by atoms with E-state index in [0.717, 1.165) is 0 Å². The molecule has 1 aromatic heterocycles. The minimum Gasteiger partial charge on any atom is -0.365 e. The minimum absolute atomic E-state index is 0.0508. The Balaban J connectivity index is 2.57. The van der Waals surface area contributed by atoms with Gasteiger partial charge in [0.25, 0.3) is 5.56 Å². The quantitative estimate of drug-likeness (QED) is 0.858. The molecule has 0 spiro atoms. The topological polar surface area (TPSA) is 76.0 Å². The summed E-state index contributed by atoms with van der Waals surface area (Å²) in [5.74, 6) is 0.231. The molecule has 0 aliphatic heterocycles. The second-order valence-electron chi connectivity index (χ2n) is 6.06. The fourth-order valence-electron chi connectivity index (χ4n) is 1.73. The van der Waals surface area contributed by atoms with E-state index in [1.807, 2.05) is 34.6 Å². The van der Waals surface area contributed by atoms with Gasteiger partial charge in [-0.15, -0.1) is 0 Å². The van der Waals surface area contributed by atoms with Crippen molar-refractivity contribution in [3.8, 4) is 0 Å². The van der Waals surface area contributed by atoms with Gasteiger partial charge in [-0.3, -0.25) is 9.59 Å². The summed E-state index contributed by atoms with van der Waals surface area (Å²) in [6.07, 6.45) is 3.54. The molecule has 0 saturated carbocycles. The second kappa shape index (κ2) is 6.54. The van der Waals surface area contributed by atoms with Crippen molar-refractivity contribution < 1.29 is 4.79 Å². The third-order valence-corrected chi connectivity index (χ3v) is 2.58. The summed E-state index contributed by atoms with van der Waals surface area (Å²) in [7, 11) is 0. The molecular weight excluding hydrogens is 256 g/mol. The highest BCUT2D eigenvalue weighted by molar-refractivity contribution is 5.77. The van der Waals surface area contributed by atoms with Crippen molar-refractivity contribution in [1.82, 2.24) is 14.9 Å². The summed E-state index contributed by atoms with van der Waals surface area (Å²) in [5, 5.41) is 5.79. The van der Waals surface area contributed by atoms with Gasteiger partial charge in [0, 0.05) is 36.9 Å². The van der Waals surface area contributed by atoms with Gasteiger partial charge in [-0.05, 0) is 34.6 Å². The molecule has 0 aliphatic rings. The molecule has 1 aromatic rings. The Morgan fingerprint density at radius 3 is 2.60 bits per heavy atom. The maximum atomic E-state index is 12.1. The van der Waals surface area contributed by atoms with Crippen LogP contribution in [0.2, 0.25) is 0 Å². The van der Waals surface area contributed by atoms with E-state index in [0.29, 0.717) is 13.0 Å². The van der Waals surface area contributed by atoms with Crippen molar-refractivity contribution in [2.24, 2.45) is 0 Å². The van der Waals surface area contributed by atoms with Crippen molar-refractivity contribution in [1.29, 1.82) is 0 Å². The van der Waals surface area contributed by atoms with Crippen LogP contribution in [0.25, 0.3) is 0 Å². The fraction of sp³-hybridized carbons (Fsp3) is 0.643. The number of nitrogens with one attached hydrogen (secondary N) is 2. The number of hydrogen-bond acceptors (Lipinski definition) is 4. The van der Waals surface area contributed by atoms with E-state index in [-0.39, 0.29) is 28.9 Å². The van der Waals surface area contributed by atoms with Crippen LogP contribution in [0, 0.1) is 0 Å². The highest BCUT2D eigenvalue weighted by Crippen LogP contribution is 2.02. The SMILES string of the molecule is CC(C)n1ccnc(NCCC(=O)NC(C)(C)C)c1=O. The average molecular weight is 280 g/mol. The van der Waals surface area contributed by atoms with Crippen LogP contribution < -0.4 is 16.2 Å². The number of carbonyl (C=O) groups excluding carboxylic acids is 1. The van der Waals surface area contributed by atoms with Gasteiger partial charge >= 0.3 is 0 Å². The van der Waals surface area contributed by atoms with Gasteiger partial charge in [-0.2, -0.15) is 0 Å². The van der Waals surface area contributed by atoms with E-state index in [1.54, 1.807) is 17.0 Å². The molecule has 6 nitrogen and oxygen atoms in total. The summed E-state index contributed by atoms with van der Waals surface area (Å²) in [6, 6.07) is 0.0789. The lowest BCUT2D eigenvalue weighted by Gasteiger charge is -2.20. The molecule has 0 fully saturated rings. The van der Waals surface area contributed by atoms with Crippen LogP contribution in [0.1, 0.15) is 47.1 Å². The van der Waals surface area contributed by atoms with Crippen molar-refractivity contribution >= 4 is 11.7 Å². The summed E-state index contributed by atoms with van der Waals surface area (Å²) in [6.45, 7) is 10.0. The lowest BCUT2D eigenvalue weighted by atomic mass is 10.1. The Hall–Kier alpha value is -1.85. The van der Waals surface area contributed by atoms with Gasteiger partial charge in [0.15, 0.2) is 5.82 Å². The average Bonchev–Trinajstić information content (AvgIpc) is 2.28. The van der Waals surface area contributed by atoms with Gasteiger partial charge in [0.1, 0.15) is 0 Å². The van der Waals surface area contributed by atoms with E-state index in [1.165, 1.54) is 0 Å². The zero-order valence-electron chi connectivity index (χ0n) is 12.9. The highest BCUT2D eigenvalue weighted by Gasteiger charge is 2.13. The first-order valence-corrected chi connectivity index (χ1v) is 6.83. The maximum absolute atomic E-state index is 12.1. The van der Waals surface area contributed by atoms with Crippen LogP contribution in [-0.2, 0) is 4.79 Å². The summed E-state index contributed by atoms with van der Waals surface area (Å²) < 4.78 is 1.60. The first-order valence-electron chi connectivity index (χ1n) is 6.83. The van der Waals surface area contributed by atoms with Crippen LogP contribution in [-0.4, -0.2) is 27.5 Å². The van der Waals surface area contributed by atoms with E-state index < -0.39 is 0 Å². The summed E-state index contributed by atoms with van der Waals surface area (Å²) in [5.41, 5.74) is -0.411. The summed E-state index contributed by atoms with van der Waals surface area (Å²) in [4.78, 5) is 27.7. The van der Waals surface area contributed by atoms with Crippen LogP contribution in [0.15, 0.2) is 17.2 Å². The van der Waals surface area contributed by atoms with Gasteiger partial charge in [0.05, 0.1) is 0 Å². The number of rotatable bonds is 5. The Labute approximate surface area is 119 Å². The molecule has 1 rings (SSSR count). The second-order valence-corrected chi connectivity index (χ2v) is 6.06. The van der Waals surface area contributed by atoms with Crippen LogP contribution >= 0.6 is 0 Å². The van der Waals surface area contributed by atoms with Crippen LogP contribution in [0.5, 0.6) is 0 Å². The number of hydrogen-bond donors (Lipinski definition) is 2. The van der Waals surface area contributed by atoms with Crippen molar-refractivity contribution in [3.63, 3.8) is 0 Å². The predicted molar refractivity (Wildman–Crippen MR) is 79.9 cm³/mol. The van der Waals surface area contributed by atoms with Gasteiger partial charge < -0.3 is 15.2 Å². The number of carbonyl (C=O) groups is 1. The molecule has 1 heterocycles. The molecular formula is C14H24N4O2. The summed E-state index contributed by atoms with van der Waals surface area (Å²) >= 11 is 0. The third kappa shape index (κ3) is 5.03. The molecule has 0 saturated heterocycles. The number of amides is 1. The smallest absolute Gasteiger partial charge is 0.293 e. The largest absolute Gasteiger partial charge is 0.365 e. The van der Waals surface area contributed by atoms with Crippen molar-refractivity contribution in [2.75, 3.05) is 11.9 Å². The Morgan fingerprint density at radius 1 is 1.40 bits per heavy atom. The molecule has 0 bridgehead atoms. The molecule has 20 heavy (non-hydrogen) atoms. The van der Waals surface area contributed by atoms with E-state index in [9.17, 15) is 9.59 Å². The number of aromatic nitrogens is 2. The van der Waals surface area contributed by atoms with Crippen LogP contribution in [0.4, 0.5) is 5.82 Å². The zero-order valence-corrected chi connectivity index (χ0v) is 12.9. The van der Waals surface area contributed by atoms with Gasteiger partial charge in [-0.25, -0.2) is 4.98 Å². The molecule has 2 N–H and O–H groups in total. The van der Waals surface area contributed by atoms with Crippen LogP contribution in [0.3, 0.4) is 0 Å². The van der Waals surface area contributed by atoms with E-state index in [2.05, 4.69) is 15.6 Å². The fourth-order valence-corrected chi connectivity index (χ4v) is 1.73. The van der Waals surface area contributed by atoms with Gasteiger partial charge in [-0.1, -0.05) is 0 Å². The lowest BCUT2D eigenvalue weighted by Crippen LogP contribution is -2.41. The normalized spacial score (nSPS) is 11.5. The van der Waals surface area contributed by atoms with E-state index in [4.69, 9.17) is 0 Å². The molecule has 0 unspecified atom stereocenters. The number of nitrogens with zero attached hydrogens (tertiary/aromatic N) is 2. The molecule has 1 amide bonds. The third-order valence-electron chi connectivity index (χ3n) is 2.58.